The van der Waals surface area contributed by atoms with E-state index in [0.29, 0.717) is 5.56 Å². The third kappa shape index (κ3) is 1.64. The Balaban J connectivity index is 2.55. The molecule has 3 nitrogen and oxygen atoms in total. The highest BCUT2D eigenvalue weighted by atomic mass is 16.5. The van der Waals surface area contributed by atoms with Gasteiger partial charge in [-0.25, -0.2) is 4.79 Å². The van der Waals surface area contributed by atoms with Gasteiger partial charge in [0.1, 0.15) is 0 Å². The number of ether oxygens (including phenoxy) is 1. The molecule has 3 heteroatoms. The van der Waals surface area contributed by atoms with E-state index in [2.05, 4.69) is 16.3 Å². The lowest BCUT2D eigenvalue weighted by molar-refractivity contribution is 0.0601. The molecule has 1 N–H and O–H groups in total. The number of aromatic amines is 1. The highest BCUT2D eigenvalue weighted by Crippen LogP contribution is 2.18. The fourth-order valence-corrected chi connectivity index (χ4v) is 1.50. The molecule has 0 amide bonds. The van der Waals surface area contributed by atoms with E-state index in [1.165, 1.54) is 7.11 Å². The summed E-state index contributed by atoms with van der Waals surface area (Å²) >= 11 is 0. The number of H-pyrrole nitrogens is 1. The molecule has 0 aliphatic carbocycles. The monoisotopic (exact) mass is 201 g/mol. The van der Waals surface area contributed by atoms with Gasteiger partial charge in [-0.3, -0.25) is 0 Å². The molecule has 1 heterocycles. The Morgan fingerprint density at radius 3 is 2.93 bits per heavy atom. The van der Waals surface area contributed by atoms with E-state index in [4.69, 9.17) is 0 Å². The number of benzene rings is 1. The van der Waals surface area contributed by atoms with E-state index in [1.807, 2.05) is 12.1 Å². The van der Waals surface area contributed by atoms with Crippen molar-refractivity contribution in [3.63, 3.8) is 0 Å². The van der Waals surface area contributed by atoms with Crippen LogP contribution >= 0.6 is 0 Å². The third-order valence-corrected chi connectivity index (χ3v) is 2.28. The van der Waals surface area contributed by atoms with Crippen LogP contribution in [-0.4, -0.2) is 18.1 Å². The van der Waals surface area contributed by atoms with Gasteiger partial charge in [0.05, 0.1) is 12.7 Å². The van der Waals surface area contributed by atoms with Crippen LogP contribution < -0.4 is 0 Å². The quantitative estimate of drug-likeness (QED) is 0.759. The number of fused-ring (bicyclic) bond motifs is 1. The second kappa shape index (κ2) is 3.61. The number of hydrogen-bond donors (Lipinski definition) is 1. The van der Waals surface area contributed by atoms with Crippen LogP contribution in [-0.2, 0) is 4.74 Å². The number of carbonyl (C=O) groups is 1. The van der Waals surface area contributed by atoms with Crippen molar-refractivity contribution >= 4 is 22.9 Å². The summed E-state index contributed by atoms with van der Waals surface area (Å²) in [4.78, 5) is 14.4. The Labute approximate surface area is 87.4 Å². The van der Waals surface area contributed by atoms with Gasteiger partial charge in [-0.15, -0.1) is 0 Å². The van der Waals surface area contributed by atoms with Crippen LogP contribution in [0, 0.1) is 0 Å². The molecule has 76 valence electrons. The fourth-order valence-electron chi connectivity index (χ4n) is 1.50. The van der Waals surface area contributed by atoms with Crippen LogP contribution in [0.4, 0.5) is 0 Å². The molecule has 1 aromatic heterocycles. The SMILES string of the molecule is C=Cc1cc2ccc(C(=O)OC)cc2[nH]1. The normalized spacial score (nSPS) is 10.2. The van der Waals surface area contributed by atoms with E-state index in [-0.39, 0.29) is 5.97 Å². The number of nitrogens with one attached hydrogen (secondary N) is 1. The largest absolute Gasteiger partial charge is 0.465 e. The number of rotatable bonds is 2. The minimum atomic E-state index is -0.327. The summed E-state index contributed by atoms with van der Waals surface area (Å²) in [5.74, 6) is -0.327. The topological polar surface area (TPSA) is 42.1 Å². The predicted molar refractivity (Wildman–Crippen MR) is 59.7 cm³/mol. The molecule has 2 aromatic rings. The maximum Gasteiger partial charge on any atom is 0.337 e. The number of hydrogen-bond acceptors (Lipinski definition) is 2. The summed E-state index contributed by atoms with van der Waals surface area (Å²) in [7, 11) is 1.37. The molecule has 1 aromatic carbocycles. The van der Waals surface area contributed by atoms with Crippen molar-refractivity contribution in [3.05, 3.63) is 42.1 Å². The summed E-state index contributed by atoms with van der Waals surface area (Å²) < 4.78 is 4.65. The maximum atomic E-state index is 11.3. The lowest BCUT2D eigenvalue weighted by Gasteiger charge is -1.98. The van der Waals surface area contributed by atoms with Gasteiger partial charge in [-0.05, 0) is 24.3 Å². The van der Waals surface area contributed by atoms with Gasteiger partial charge >= 0.3 is 5.97 Å². The van der Waals surface area contributed by atoms with Crippen LogP contribution in [0.25, 0.3) is 17.0 Å². The summed E-state index contributed by atoms with van der Waals surface area (Å²) in [5.41, 5.74) is 2.39. The van der Waals surface area contributed by atoms with Crippen molar-refractivity contribution in [2.24, 2.45) is 0 Å². The van der Waals surface area contributed by atoms with Crippen LogP contribution in [0.2, 0.25) is 0 Å². The maximum absolute atomic E-state index is 11.3. The third-order valence-electron chi connectivity index (χ3n) is 2.28. The minimum absolute atomic E-state index is 0.327. The van der Waals surface area contributed by atoms with Crippen LogP contribution in [0.1, 0.15) is 16.1 Å². The van der Waals surface area contributed by atoms with Gasteiger partial charge in [-0.1, -0.05) is 12.6 Å². The molecule has 0 radical (unpaired) electrons. The van der Waals surface area contributed by atoms with Gasteiger partial charge in [0.25, 0.3) is 0 Å². The van der Waals surface area contributed by atoms with Gasteiger partial charge in [0.2, 0.25) is 0 Å². The number of esters is 1. The first-order chi connectivity index (χ1) is 7.24. The van der Waals surface area contributed by atoms with Gasteiger partial charge < -0.3 is 9.72 Å². The first-order valence-corrected chi connectivity index (χ1v) is 4.58. The average Bonchev–Trinajstić information content (AvgIpc) is 2.69. The molecule has 0 unspecified atom stereocenters. The van der Waals surface area contributed by atoms with Gasteiger partial charge in [0, 0.05) is 16.6 Å². The predicted octanol–water partition coefficient (Wildman–Crippen LogP) is 2.60. The highest BCUT2D eigenvalue weighted by molar-refractivity contribution is 5.95. The molecule has 0 spiro atoms. The zero-order valence-corrected chi connectivity index (χ0v) is 8.41. The molecule has 0 aliphatic heterocycles. The standard InChI is InChI=1S/C12H11NO2/c1-3-10-6-8-4-5-9(12(14)15-2)7-11(8)13-10/h3-7,13H,1H2,2H3. The molecule has 0 saturated heterocycles. The molecule has 0 bridgehead atoms. The summed E-state index contributed by atoms with van der Waals surface area (Å²) in [6, 6.07) is 7.37. The Hall–Kier alpha value is -2.03. The zero-order valence-electron chi connectivity index (χ0n) is 8.41. The second-order valence-corrected chi connectivity index (χ2v) is 3.22. The lowest BCUT2D eigenvalue weighted by atomic mass is 10.1. The number of carbonyl (C=O) groups excluding carboxylic acids is 1. The Kier molecular flexibility index (Phi) is 2.29. The molecule has 2 rings (SSSR count). The highest BCUT2D eigenvalue weighted by Gasteiger charge is 2.06. The zero-order chi connectivity index (χ0) is 10.8. The lowest BCUT2D eigenvalue weighted by Crippen LogP contribution is -2.00. The fraction of sp³-hybridized carbons (Fsp3) is 0.0833. The van der Waals surface area contributed by atoms with Crippen molar-refractivity contribution < 1.29 is 9.53 Å². The first kappa shape index (κ1) is 9.52. The van der Waals surface area contributed by atoms with Gasteiger partial charge in [-0.2, -0.15) is 0 Å². The summed E-state index contributed by atoms with van der Waals surface area (Å²) in [5, 5.41) is 1.05. The summed E-state index contributed by atoms with van der Waals surface area (Å²) in [6.07, 6.45) is 1.73. The first-order valence-electron chi connectivity index (χ1n) is 4.58. The van der Waals surface area contributed by atoms with Crippen molar-refractivity contribution in [2.45, 2.75) is 0 Å². The second-order valence-electron chi connectivity index (χ2n) is 3.22. The molecule has 0 saturated carbocycles. The smallest absolute Gasteiger partial charge is 0.337 e. The van der Waals surface area contributed by atoms with Crippen molar-refractivity contribution in [2.75, 3.05) is 7.11 Å². The van der Waals surface area contributed by atoms with Gasteiger partial charge in [0.15, 0.2) is 0 Å². The van der Waals surface area contributed by atoms with Crippen LogP contribution in [0.3, 0.4) is 0 Å². The van der Waals surface area contributed by atoms with E-state index in [0.717, 1.165) is 16.6 Å². The molecular formula is C12H11NO2. The Bertz CT molecular complexity index is 525. The molecule has 0 fully saturated rings. The number of aromatic nitrogens is 1. The average molecular weight is 201 g/mol. The Morgan fingerprint density at radius 2 is 2.27 bits per heavy atom. The molecule has 0 atom stereocenters. The van der Waals surface area contributed by atoms with E-state index in [9.17, 15) is 4.79 Å². The van der Waals surface area contributed by atoms with Crippen LogP contribution in [0.15, 0.2) is 30.8 Å². The van der Waals surface area contributed by atoms with E-state index in [1.54, 1.807) is 18.2 Å². The van der Waals surface area contributed by atoms with Crippen LogP contribution in [0.5, 0.6) is 0 Å². The minimum Gasteiger partial charge on any atom is -0.465 e. The van der Waals surface area contributed by atoms with E-state index < -0.39 is 0 Å². The van der Waals surface area contributed by atoms with Crippen molar-refractivity contribution in [3.8, 4) is 0 Å². The molecule has 0 aliphatic rings. The summed E-state index contributed by atoms with van der Waals surface area (Å²) in [6.45, 7) is 3.68. The molecule has 15 heavy (non-hydrogen) atoms. The van der Waals surface area contributed by atoms with E-state index >= 15 is 0 Å². The Morgan fingerprint density at radius 1 is 1.47 bits per heavy atom. The molecular weight excluding hydrogens is 190 g/mol. The number of methoxy groups -OCH3 is 1. The van der Waals surface area contributed by atoms with Crippen molar-refractivity contribution in [1.29, 1.82) is 0 Å². The van der Waals surface area contributed by atoms with Crippen molar-refractivity contribution in [1.82, 2.24) is 4.98 Å².